The third kappa shape index (κ3) is 3.17. The molecule has 1 heterocycles. The predicted molar refractivity (Wildman–Crippen MR) is 78.0 cm³/mol. The molecule has 3 aromatic rings. The highest BCUT2D eigenvalue weighted by molar-refractivity contribution is 5.74. The van der Waals surface area contributed by atoms with Gasteiger partial charge in [-0.3, -0.25) is 0 Å². The first-order valence-corrected chi connectivity index (χ1v) is 6.65. The molecule has 0 aliphatic heterocycles. The van der Waals surface area contributed by atoms with E-state index in [9.17, 15) is 9.90 Å². The van der Waals surface area contributed by atoms with E-state index in [0.29, 0.717) is 16.8 Å². The van der Waals surface area contributed by atoms with Crippen LogP contribution in [0.2, 0.25) is 0 Å². The van der Waals surface area contributed by atoms with Gasteiger partial charge in [-0.15, -0.1) is 0 Å². The van der Waals surface area contributed by atoms with Crippen LogP contribution in [0.4, 0.5) is 0 Å². The molecule has 0 amide bonds. The summed E-state index contributed by atoms with van der Waals surface area (Å²) in [6.07, 6.45) is -1.31. The summed E-state index contributed by atoms with van der Waals surface area (Å²) in [5.74, 6) is -0.590. The van der Waals surface area contributed by atoms with Crippen molar-refractivity contribution in [3.8, 4) is 11.8 Å². The first-order chi connectivity index (χ1) is 10.7. The zero-order chi connectivity index (χ0) is 15.4. The molecular weight excluding hydrogens is 286 g/mol. The van der Waals surface area contributed by atoms with Crippen molar-refractivity contribution < 1.29 is 23.8 Å². The average Bonchev–Trinajstić information content (AvgIpc) is 2.94. The van der Waals surface area contributed by atoms with E-state index in [2.05, 4.69) is 4.98 Å². The number of aromatic nitrogens is 1. The van der Waals surface area contributed by atoms with Crippen LogP contribution >= 0.6 is 0 Å². The molecular formula is C16H13NO5. The molecule has 3 rings (SSSR count). The monoisotopic (exact) mass is 299 g/mol. The van der Waals surface area contributed by atoms with E-state index >= 15 is 0 Å². The van der Waals surface area contributed by atoms with Crippen LogP contribution in [0, 0.1) is 0 Å². The molecule has 1 atom stereocenters. The van der Waals surface area contributed by atoms with E-state index in [1.165, 1.54) is 0 Å². The van der Waals surface area contributed by atoms with Crippen LogP contribution in [0.15, 0.2) is 59.0 Å². The standard InChI is InChI=1S/C16H13NO5/c18-15(19)14(10-20-11-6-2-1-3-7-11)22-16-17-12-8-4-5-9-13(12)21-16/h1-9,14H,10H2,(H,18,19). The fraction of sp³-hybridized carbons (Fsp3) is 0.125. The average molecular weight is 299 g/mol. The Labute approximate surface area is 125 Å². The Morgan fingerprint density at radius 1 is 1.14 bits per heavy atom. The second kappa shape index (κ2) is 6.17. The number of ether oxygens (including phenoxy) is 2. The van der Waals surface area contributed by atoms with Crippen LogP contribution < -0.4 is 9.47 Å². The number of carboxylic acids is 1. The summed E-state index contributed by atoms with van der Waals surface area (Å²) in [5, 5.41) is 9.21. The SMILES string of the molecule is O=C(O)C(COc1ccccc1)Oc1nc2ccccc2o1. The molecule has 1 N–H and O–H groups in total. The third-order valence-electron chi connectivity index (χ3n) is 2.94. The topological polar surface area (TPSA) is 81.8 Å². The van der Waals surface area contributed by atoms with E-state index in [0.717, 1.165) is 0 Å². The van der Waals surface area contributed by atoms with Gasteiger partial charge in [-0.05, 0) is 24.3 Å². The van der Waals surface area contributed by atoms with Crippen molar-refractivity contribution in [2.45, 2.75) is 6.10 Å². The Morgan fingerprint density at radius 2 is 1.86 bits per heavy atom. The summed E-state index contributed by atoms with van der Waals surface area (Å²) >= 11 is 0. The molecule has 1 unspecified atom stereocenters. The first-order valence-electron chi connectivity index (χ1n) is 6.65. The van der Waals surface area contributed by atoms with Gasteiger partial charge in [0, 0.05) is 0 Å². The number of rotatable bonds is 6. The van der Waals surface area contributed by atoms with Crippen molar-refractivity contribution in [2.24, 2.45) is 0 Å². The summed E-state index contributed by atoms with van der Waals surface area (Å²) in [4.78, 5) is 15.3. The molecule has 22 heavy (non-hydrogen) atoms. The van der Waals surface area contributed by atoms with Crippen LogP contribution in [0.3, 0.4) is 0 Å². The second-order valence-corrected chi connectivity index (χ2v) is 4.52. The lowest BCUT2D eigenvalue weighted by atomic mass is 10.3. The van der Waals surface area contributed by atoms with Gasteiger partial charge in [-0.25, -0.2) is 4.79 Å². The summed E-state index contributed by atoms with van der Waals surface area (Å²) in [6, 6.07) is 16.0. The van der Waals surface area contributed by atoms with Gasteiger partial charge in [0.25, 0.3) is 0 Å². The summed E-state index contributed by atoms with van der Waals surface area (Å²) in [7, 11) is 0. The molecule has 1 aromatic heterocycles. The van der Waals surface area contributed by atoms with Crippen molar-refractivity contribution in [1.29, 1.82) is 0 Å². The molecule has 0 bridgehead atoms. The molecule has 0 spiro atoms. The molecule has 0 saturated carbocycles. The maximum Gasteiger partial charge on any atom is 0.395 e. The van der Waals surface area contributed by atoms with Gasteiger partial charge in [0.15, 0.2) is 5.58 Å². The zero-order valence-corrected chi connectivity index (χ0v) is 11.5. The molecule has 2 aromatic carbocycles. The van der Waals surface area contributed by atoms with Gasteiger partial charge in [0.1, 0.15) is 17.9 Å². The molecule has 6 nitrogen and oxygen atoms in total. The molecule has 0 aliphatic carbocycles. The number of hydrogen-bond donors (Lipinski definition) is 1. The molecule has 112 valence electrons. The van der Waals surface area contributed by atoms with Crippen molar-refractivity contribution >= 4 is 17.1 Å². The lowest BCUT2D eigenvalue weighted by Gasteiger charge is -2.13. The number of aliphatic carboxylic acids is 1. The number of oxazole rings is 1. The number of nitrogens with zero attached hydrogens (tertiary/aromatic N) is 1. The summed E-state index contributed by atoms with van der Waals surface area (Å²) in [5.41, 5.74) is 1.14. The third-order valence-corrected chi connectivity index (χ3v) is 2.94. The van der Waals surface area contributed by atoms with Gasteiger partial charge in [-0.2, -0.15) is 4.98 Å². The molecule has 0 radical (unpaired) electrons. The quantitative estimate of drug-likeness (QED) is 0.753. The number of carbonyl (C=O) groups is 1. The molecule has 0 fully saturated rings. The maximum atomic E-state index is 11.3. The van der Waals surface area contributed by atoms with Crippen molar-refractivity contribution in [2.75, 3.05) is 6.61 Å². The Morgan fingerprint density at radius 3 is 2.59 bits per heavy atom. The Kier molecular flexibility index (Phi) is 3.91. The number of hydrogen-bond acceptors (Lipinski definition) is 5. The Hall–Kier alpha value is -3.02. The number of para-hydroxylation sites is 3. The van der Waals surface area contributed by atoms with Crippen LogP contribution in [-0.2, 0) is 4.79 Å². The van der Waals surface area contributed by atoms with E-state index in [4.69, 9.17) is 13.9 Å². The van der Waals surface area contributed by atoms with Gasteiger partial charge in [0.05, 0.1) is 0 Å². The number of benzene rings is 2. The van der Waals surface area contributed by atoms with Gasteiger partial charge >= 0.3 is 12.0 Å². The minimum atomic E-state index is -1.21. The van der Waals surface area contributed by atoms with Crippen molar-refractivity contribution in [3.05, 3.63) is 54.6 Å². The zero-order valence-electron chi connectivity index (χ0n) is 11.5. The first kappa shape index (κ1) is 13.9. The van der Waals surface area contributed by atoms with Crippen LogP contribution in [0.5, 0.6) is 11.8 Å². The lowest BCUT2D eigenvalue weighted by Crippen LogP contribution is -2.33. The van der Waals surface area contributed by atoms with Gasteiger partial charge in [-0.1, -0.05) is 30.3 Å². The normalized spacial score (nSPS) is 12.0. The maximum absolute atomic E-state index is 11.3. The van der Waals surface area contributed by atoms with Crippen LogP contribution in [0.1, 0.15) is 0 Å². The molecule has 6 heteroatoms. The molecule has 0 saturated heterocycles. The summed E-state index contributed by atoms with van der Waals surface area (Å²) < 4.78 is 16.0. The number of fused-ring (bicyclic) bond motifs is 1. The highest BCUT2D eigenvalue weighted by atomic mass is 16.6. The number of carboxylic acid groups (broad SMARTS) is 1. The van der Waals surface area contributed by atoms with E-state index in [1.54, 1.807) is 42.5 Å². The smallest absolute Gasteiger partial charge is 0.395 e. The van der Waals surface area contributed by atoms with Crippen LogP contribution in [-0.4, -0.2) is 28.8 Å². The lowest BCUT2D eigenvalue weighted by molar-refractivity contribution is -0.147. The fourth-order valence-electron chi connectivity index (χ4n) is 1.87. The molecule has 0 aliphatic rings. The van der Waals surface area contributed by atoms with Gasteiger partial charge < -0.3 is 19.0 Å². The van der Waals surface area contributed by atoms with E-state index in [-0.39, 0.29) is 12.7 Å². The Balaban J connectivity index is 1.70. The fourth-order valence-corrected chi connectivity index (χ4v) is 1.87. The second-order valence-electron chi connectivity index (χ2n) is 4.52. The van der Waals surface area contributed by atoms with Crippen molar-refractivity contribution in [3.63, 3.8) is 0 Å². The largest absolute Gasteiger partial charge is 0.489 e. The van der Waals surface area contributed by atoms with Crippen molar-refractivity contribution in [1.82, 2.24) is 4.98 Å². The van der Waals surface area contributed by atoms with Crippen LogP contribution in [0.25, 0.3) is 11.1 Å². The predicted octanol–water partition coefficient (Wildman–Crippen LogP) is 2.74. The van der Waals surface area contributed by atoms with E-state index in [1.807, 2.05) is 12.1 Å². The Bertz CT molecular complexity index is 735. The van der Waals surface area contributed by atoms with Gasteiger partial charge in [0.2, 0.25) is 6.10 Å². The highest BCUT2D eigenvalue weighted by Gasteiger charge is 2.23. The summed E-state index contributed by atoms with van der Waals surface area (Å²) in [6.45, 7) is -0.155. The highest BCUT2D eigenvalue weighted by Crippen LogP contribution is 2.21. The minimum Gasteiger partial charge on any atom is -0.489 e. The van der Waals surface area contributed by atoms with E-state index < -0.39 is 12.1 Å². The minimum absolute atomic E-state index is 0.0924.